The number of aromatic nitrogens is 1. The Balaban J connectivity index is 1.67. The van der Waals surface area contributed by atoms with Crippen LogP contribution in [0.2, 0.25) is 0 Å². The van der Waals surface area contributed by atoms with Crippen LogP contribution < -0.4 is 49.5 Å². The standard InChI is InChI=1S/C33H44N12O6S/c34-32(35)38-13-3-6-21-29(49)43-22(7-4-14-39-33(36)37)30(50)45-24(16-27-42-20-5-1-2-8-25(20)52-27)28(48)40-17-26(47)41-23(31(51)44-21)15-18-9-11-19(46)12-10-18/h1-2,5,8-12,21-24,46H,3-4,6-7,13-17H2,(H,40,48)(H,41,47)(H,43,49)(H,44,51)(H,45,50)(H4,34,35,38)(H4,36,37,39)/t21-,22-,23+,24-/m0/s1. The van der Waals surface area contributed by atoms with Crippen LogP contribution in [-0.4, -0.2) is 95.3 Å². The van der Waals surface area contributed by atoms with Gasteiger partial charge in [-0.3, -0.25) is 34.0 Å². The fourth-order valence-electron chi connectivity index (χ4n) is 5.37. The highest BCUT2D eigenvalue weighted by Crippen LogP contribution is 2.23. The number of fused-ring (bicyclic) bond motifs is 1. The summed E-state index contributed by atoms with van der Waals surface area (Å²) >= 11 is 1.35. The minimum absolute atomic E-state index is 0.00978. The van der Waals surface area contributed by atoms with Crippen molar-refractivity contribution in [2.24, 2.45) is 32.9 Å². The second-order valence-corrected chi connectivity index (χ2v) is 13.2. The molecule has 0 unspecified atom stereocenters. The number of rotatable bonds is 12. The number of phenolic OH excluding ortho intramolecular Hbond substituents is 1. The Morgan fingerprint density at radius 2 is 1.25 bits per heavy atom. The molecule has 1 aromatic heterocycles. The number of hydrogen-bond acceptors (Lipinski definition) is 10. The Bertz CT molecular complexity index is 1760. The predicted octanol–water partition coefficient (Wildman–Crippen LogP) is -2.04. The van der Waals surface area contributed by atoms with Crippen molar-refractivity contribution < 1.29 is 29.1 Å². The molecule has 0 radical (unpaired) electrons. The van der Waals surface area contributed by atoms with Gasteiger partial charge < -0.3 is 54.6 Å². The number of nitrogens with zero attached hydrogens (tertiary/aromatic N) is 3. The van der Waals surface area contributed by atoms with E-state index in [2.05, 4.69) is 41.6 Å². The van der Waals surface area contributed by atoms with Gasteiger partial charge in [0.2, 0.25) is 29.5 Å². The summed E-state index contributed by atoms with van der Waals surface area (Å²) in [5.41, 5.74) is 23.1. The number of carbonyl (C=O) groups excluding carboxylic acids is 5. The van der Waals surface area contributed by atoms with E-state index >= 15 is 0 Å². The first kappa shape index (κ1) is 38.8. The molecular formula is C33H44N12O6S. The Hall–Kier alpha value is -5.98. The molecule has 0 spiro atoms. The number of benzene rings is 2. The topological polar surface area (TPSA) is 307 Å². The van der Waals surface area contributed by atoms with Gasteiger partial charge in [0.05, 0.1) is 21.8 Å². The SMILES string of the molecule is NC(N)=NCCC[C@@H]1NC(=O)[C@H](CCCN=C(N)N)NC(=O)[C@@H](Cc2ccc(O)cc2)NC(=O)CNC(=O)[C@H](Cc2nc3ccccc3s2)NC1=O. The molecule has 1 fully saturated rings. The molecule has 2 aromatic carbocycles. The first-order valence-corrected chi connectivity index (χ1v) is 17.4. The Morgan fingerprint density at radius 3 is 1.83 bits per heavy atom. The molecule has 0 saturated carbocycles. The first-order valence-electron chi connectivity index (χ1n) is 16.6. The van der Waals surface area contributed by atoms with Crippen LogP contribution in [0.5, 0.6) is 5.75 Å². The average Bonchev–Trinajstić information content (AvgIpc) is 3.51. The number of para-hydroxylation sites is 1. The summed E-state index contributed by atoms with van der Waals surface area (Å²) < 4.78 is 0.883. The summed E-state index contributed by atoms with van der Waals surface area (Å²) in [7, 11) is 0. The van der Waals surface area contributed by atoms with Crippen molar-refractivity contribution in [1.29, 1.82) is 0 Å². The lowest BCUT2D eigenvalue weighted by atomic mass is 10.0. The maximum Gasteiger partial charge on any atom is 0.243 e. The maximum atomic E-state index is 13.9. The van der Waals surface area contributed by atoms with E-state index in [4.69, 9.17) is 22.9 Å². The monoisotopic (exact) mass is 736 g/mol. The highest BCUT2D eigenvalue weighted by Gasteiger charge is 2.32. The second kappa shape index (κ2) is 18.9. The van der Waals surface area contributed by atoms with E-state index in [9.17, 15) is 29.1 Å². The van der Waals surface area contributed by atoms with Crippen LogP contribution in [0.1, 0.15) is 36.3 Å². The largest absolute Gasteiger partial charge is 0.508 e. The third kappa shape index (κ3) is 12.1. The van der Waals surface area contributed by atoms with E-state index in [0.717, 1.165) is 10.2 Å². The number of nitrogens with two attached hydrogens (primary N) is 4. The molecule has 0 aliphatic carbocycles. The van der Waals surface area contributed by atoms with Crippen molar-refractivity contribution in [2.75, 3.05) is 19.6 Å². The smallest absolute Gasteiger partial charge is 0.243 e. The summed E-state index contributed by atoms with van der Waals surface area (Å²) in [5, 5.41) is 23.6. The van der Waals surface area contributed by atoms with E-state index < -0.39 is 60.2 Å². The van der Waals surface area contributed by atoms with Crippen LogP contribution in [0.25, 0.3) is 10.2 Å². The van der Waals surface area contributed by atoms with Gasteiger partial charge in [-0.1, -0.05) is 24.3 Å². The van der Waals surface area contributed by atoms with E-state index in [1.807, 2.05) is 24.3 Å². The van der Waals surface area contributed by atoms with Gasteiger partial charge in [-0.05, 0) is 55.5 Å². The molecule has 18 nitrogen and oxygen atoms in total. The van der Waals surface area contributed by atoms with Gasteiger partial charge in [0, 0.05) is 25.9 Å². The maximum absolute atomic E-state index is 13.9. The van der Waals surface area contributed by atoms with Gasteiger partial charge in [0.25, 0.3) is 0 Å². The van der Waals surface area contributed by atoms with Crippen LogP contribution in [0.3, 0.4) is 0 Å². The fourth-order valence-corrected chi connectivity index (χ4v) is 6.38. The van der Waals surface area contributed by atoms with Gasteiger partial charge in [-0.15, -0.1) is 11.3 Å². The summed E-state index contributed by atoms with van der Waals surface area (Å²) in [6.45, 7) is -0.214. The third-order valence-corrected chi connectivity index (χ3v) is 9.02. The zero-order valence-electron chi connectivity index (χ0n) is 28.3. The van der Waals surface area contributed by atoms with Crippen LogP contribution in [0.15, 0.2) is 58.5 Å². The van der Waals surface area contributed by atoms with Crippen LogP contribution >= 0.6 is 11.3 Å². The van der Waals surface area contributed by atoms with Crippen molar-refractivity contribution in [3.63, 3.8) is 0 Å². The average molecular weight is 737 g/mol. The van der Waals surface area contributed by atoms with Gasteiger partial charge in [0.1, 0.15) is 29.9 Å². The molecule has 1 aliphatic heterocycles. The molecule has 52 heavy (non-hydrogen) atoms. The Kier molecular flexibility index (Phi) is 14.1. The molecule has 1 aliphatic rings. The molecule has 0 bridgehead atoms. The Morgan fingerprint density at radius 1 is 0.712 bits per heavy atom. The molecule has 278 valence electrons. The molecule has 2 heterocycles. The van der Waals surface area contributed by atoms with Gasteiger partial charge in [-0.25, -0.2) is 4.98 Å². The number of guanidine groups is 2. The minimum Gasteiger partial charge on any atom is -0.508 e. The number of amides is 5. The van der Waals surface area contributed by atoms with Crippen molar-refractivity contribution in [3.8, 4) is 5.75 Å². The second-order valence-electron chi connectivity index (χ2n) is 12.1. The van der Waals surface area contributed by atoms with Gasteiger partial charge in [-0.2, -0.15) is 0 Å². The van der Waals surface area contributed by atoms with E-state index in [1.165, 1.54) is 23.5 Å². The molecule has 5 amide bonds. The number of aliphatic imine (C=N–C) groups is 2. The summed E-state index contributed by atoms with van der Waals surface area (Å²) in [6, 6.07) is 8.71. The van der Waals surface area contributed by atoms with Gasteiger partial charge >= 0.3 is 0 Å². The molecule has 3 aromatic rings. The molecule has 4 rings (SSSR count). The third-order valence-electron chi connectivity index (χ3n) is 7.96. The van der Waals surface area contributed by atoms with E-state index in [0.29, 0.717) is 10.6 Å². The Labute approximate surface area is 303 Å². The highest BCUT2D eigenvalue weighted by molar-refractivity contribution is 7.18. The lowest BCUT2D eigenvalue weighted by Gasteiger charge is -2.26. The van der Waals surface area contributed by atoms with Crippen molar-refractivity contribution in [2.45, 2.75) is 62.7 Å². The molecule has 14 N–H and O–H groups in total. The normalized spacial score (nSPS) is 20.3. The highest BCUT2D eigenvalue weighted by atomic mass is 32.1. The summed E-state index contributed by atoms with van der Waals surface area (Å²) in [6.07, 6.45) is 0.666. The zero-order chi connectivity index (χ0) is 37.6. The summed E-state index contributed by atoms with van der Waals surface area (Å²) in [4.78, 5) is 80.7. The number of hydrogen-bond donors (Lipinski definition) is 10. The minimum atomic E-state index is -1.19. The summed E-state index contributed by atoms with van der Waals surface area (Å²) in [5.74, 6) is -3.74. The van der Waals surface area contributed by atoms with Crippen molar-refractivity contribution >= 4 is 63.0 Å². The van der Waals surface area contributed by atoms with Crippen LogP contribution in [0.4, 0.5) is 0 Å². The van der Waals surface area contributed by atoms with Crippen LogP contribution in [0, 0.1) is 0 Å². The molecule has 1 saturated heterocycles. The predicted molar refractivity (Wildman–Crippen MR) is 196 cm³/mol. The van der Waals surface area contributed by atoms with Gasteiger partial charge in [0.15, 0.2) is 11.9 Å². The number of nitrogens with one attached hydrogen (secondary N) is 5. The quantitative estimate of drug-likeness (QED) is 0.0549. The number of aromatic hydroxyl groups is 1. The lowest BCUT2D eigenvalue weighted by Crippen LogP contribution is -2.58. The zero-order valence-corrected chi connectivity index (χ0v) is 29.2. The number of carbonyl (C=O) groups is 5. The lowest BCUT2D eigenvalue weighted by molar-refractivity contribution is -0.134. The fraction of sp³-hybridized carbons (Fsp3) is 0.394. The van der Waals surface area contributed by atoms with Crippen LogP contribution in [-0.2, 0) is 36.8 Å². The molecule has 4 atom stereocenters. The number of phenols is 1. The van der Waals surface area contributed by atoms with Crippen molar-refractivity contribution in [3.05, 3.63) is 59.1 Å². The molecule has 19 heteroatoms. The van der Waals surface area contributed by atoms with E-state index in [-0.39, 0.29) is 69.3 Å². The van der Waals surface area contributed by atoms with Crippen molar-refractivity contribution in [1.82, 2.24) is 31.6 Å². The first-order chi connectivity index (χ1) is 24.9. The number of thiazole rings is 1. The molecular weight excluding hydrogens is 693 g/mol. The van der Waals surface area contributed by atoms with E-state index in [1.54, 1.807) is 12.1 Å².